The number of rotatable bonds is 10. The lowest BCUT2D eigenvalue weighted by molar-refractivity contribution is 0.102. The van der Waals surface area contributed by atoms with E-state index in [9.17, 15) is 9.90 Å². The lowest BCUT2D eigenvalue weighted by Crippen LogP contribution is -2.12. The first-order chi connectivity index (χ1) is 28.8. The number of aryl methyl sites for hydroxylation is 5. The smallest absolute Gasteiger partial charge is 0.259 e. The number of hydrogen-bond acceptors (Lipinski definition) is 5. The molecule has 0 aliphatic carbocycles. The first kappa shape index (κ1) is 37.1. The number of benzene rings is 8. The number of aromatic hydroxyl groups is 1. The number of phenolic OH excluding ortho intramolecular Hbond substituents is 1. The van der Waals surface area contributed by atoms with Gasteiger partial charge in [-0.1, -0.05) is 108 Å². The molecule has 9 aromatic rings. The Labute approximate surface area is 343 Å². The van der Waals surface area contributed by atoms with Gasteiger partial charge < -0.3 is 20.3 Å². The maximum atomic E-state index is 14.0. The van der Waals surface area contributed by atoms with Gasteiger partial charge in [0.2, 0.25) is 0 Å². The summed E-state index contributed by atoms with van der Waals surface area (Å²) >= 11 is 0. The second-order valence-electron chi connectivity index (χ2n) is 15.2. The van der Waals surface area contributed by atoms with Gasteiger partial charge in [-0.25, -0.2) is 0 Å². The second kappa shape index (κ2) is 15.8. The van der Waals surface area contributed by atoms with Gasteiger partial charge in [0, 0.05) is 44.4 Å². The number of nitrogens with zero attached hydrogens (tertiary/aromatic N) is 3. The summed E-state index contributed by atoms with van der Waals surface area (Å²) in [6, 6.07) is 55.3. The molecule has 7 nitrogen and oxygen atoms in total. The molecule has 0 aliphatic rings. The van der Waals surface area contributed by atoms with Gasteiger partial charge in [0.05, 0.1) is 16.8 Å². The Bertz CT molecular complexity index is 2960. The van der Waals surface area contributed by atoms with E-state index in [-0.39, 0.29) is 17.0 Å². The average Bonchev–Trinajstić information content (AvgIpc) is 3.64. The molecule has 9 rings (SSSR count). The number of aromatic nitrogens is 1. The molecule has 0 saturated heterocycles. The van der Waals surface area contributed by atoms with E-state index in [1.165, 1.54) is 16.7 Å². The molecule has 1 amide bonds. The van der Waals surface area contributed by atoms with E-state index in [0.717, 1.165) is 68.2 Å². The van der Waals surface area contributed by atoms with Gasteiger partial charge in [0.15, 0.2) is 5.75 Å². The van der Waals surface area contributed by atoms with Gasteiger partial charge in [-0.05, 0) is 123 Å². The largest absolute Gasteiger partial charge is 0.505 e. The minimum atomic E-state index is -0.438. The van der Waals surface area contributed by atoms with Crippen LogP contribution in [0.5, 0.6) is 5.75 Å². The Morgan fingerprint density at radius 2 is 1.22 bits per heavy atom. The summed E-state index contributed by atoms with van der Waals surface area (Å²) in [4.78, 5) is 19.8. The Kier molecular flexibility index (Phi) is 9.93. The van der Waals surface area contributed by atoms with Crippen molar-refractivity contribution in [2.45, 2.75) is 33.6 Å². The lowest BCUT2D eigenvalue weighted by atomic mass is 10.00. The first-order valence-electron chi connectivity index (χ1n) is 19.9. The number of nitrogens with one attached hydrogen (secondary N) is 2. The Morgan fingerprint density at radius 3 is 1.90 bits per heavy atom. The third kappa shape index (κ3) is 7.66. The van der Waals surface area contributed by atoms with Crippen LogP contribution in [0.1, 0.15) is 38.2 Å². The number of para-hydroxylation sites is 1. The lowest BCUT2D eigenvalue weighted by Gasteiger charge is -2.26. The second-order valence-corrected chi connectivity index (χ2v) is 15.2. The predicted octanol–water partition coefficient (Wildman–Crippen LogP) is 14.0. The molecular weight excluding hydrogens is 727 g/mol. The van der Waals surface area contributed by atoms with E-state index in [1.807, 2.05) is 79.7 Å². The summed E-state index contributed by atoms with van der Waals surface area (Å²) in [5, 5.41) is 27.5. The molecule has 59 heavy (non-hydrogen) atoms. The van der Waals surface area contributed by atoms with Crippen LogP contribution in [0.15, 0.2) is 174 Å². The number of amides is 1. The molecule has 0 unspecified atom stereocenters. The zero-order chi connectivity index (χ0) is 40.5. The van der Waals surface area contributed by atoms with Crippen molar-refractivity contribution in [1.29, 1.82) is 0 Å². The molecule has 0 atom stereocenters. The number of carbonyl (C=O) groups excluding carboxylic acids is 1. The van der Waals surface area contributed by atoms with E-state index in [0.29, 0.717) is 16.8 Å². The number of anilines is 4. The summed E-state index contributed by atoms with van der Waals surface area (Å²) in [6.07, 6.45) is 1.61. The summed E-state index contributed by atoms with van der Waals surface area (Å²) < 4.78 is 0. The van der Waals surface area contributed by atoms with E-state index in [4.69, 9.17) is 0 Å². The van der Waals surface area contributed by atoms with Crippen molar-refractivity contribution >= 4 is 72.6 Å². The van der Waals surface area contributed by atoms with Gasteiger partial charge in [0.25, 0.3) is 5.91 Å². The highest BCUT2D eigenvalue weighted by Crippen LogP contribution is 2.44. The molecule has 0 spiro atoms. The van der Waals surface area contributed by atoms with Crippen LogP contribution in [0.25, 0.3) is 32.6 Å². The molecule has 8 aromatic carbocycles. The van der Waals surface area contributed by atoms with Crippen molar-refractivity contribution in [2.75, 3.05) is 10.2 Å². The predicted molar refractivity (Wildman–Crippen MR) is 243 cm³/mol. The standard InChI is InChI=1S/C52H43N5O2/c1-33-11-22-39(23-12-33)55-56-50-48-38(21-30-45-44-9-4-5-10-47(44)54-49(45)48)32-46(51(50)58)52(59)53-40-8-6-7-37(31-40)18-17-36-19-28-43(29-20-36)57(41-24-13-34(2)14-25-41)42-26-15-35(3)16-27-42/h4-16,19-32,54,58H,17-18H2,1-3H3,(H,53,59). The van der Waals surface area contributed by atoms with Crippen molar-refractivity contribution in [3.05, 3.63) is 197 Å². The Morgan fingerprint density at radius 1 is 0.610 bits per heavy atom. The third-order valence-electron chi connectivity index (χ3n) is 10.9. The highest BCUT2D eigenvalue weighted by atomic mass is 16.3. The summed E-state index contributed by atoms with van der Waals surface area (Å²) in [6.45, 7) is 6.22. The van der Waals surface area contributed by atoms with Gasteiger partial charge in [-0.2, -0.15) is 5.11 Å². The number of fused-ring (bicyclic) bond motifs is 5. The first-order valence-corrected chi connectivity index (χ1v) is 19.9. The fraction of sp³-hybridized carbons (Fsp3) is 0.0962. The number of phenols is 1. The van der Waals surface area contributed by atoms with E-state index < -0.39 is 5.91 Å². The van der Waals surface area contributed by atoms with Crippen LogP contribution in [-0.4, -0.2) is 16.0 Å². The fourth-order valence-corrected chi connectivity index (χ4v) is 7.71. The number of H-pyrrole nitrogens is 1. The van der Waals surface area contributed by atoms with Crippen molar-refractivity contribution < 1.29 is 9.90 Å². The average molecular weight is 770 g/mol. The highest BCUT2D eigenvalue weighted by Gasteiger charge is 2.22. The van der Waals surface area contributed by atoms with Crippen LogP contribution in [0, 0.1) is 20.8 Å². The molecule has 0 fully saturated rings. The normalized spacial score (nSPS) is 11.5. The van der Waals surface area contributed by atoms with Gasteiger partial charge >= 0.3 is 0 Å². The molecule has 0 saturated carbocycles. The van der Waals surface area contributed by atoms with E-state index in [2.05, 4.69) is 124 Å². The molecule has 0 bridgehead atoms. The molecule has 3 N–H and O–H groups in total. The van der Waals surface area contributed by atoms with Crippen LogP contribution in [0.4, 0.5) is 34.1 Å². The third-order valence-corrected chi connectivity index (χ3v) is 10.9. The maximum absolute atomic E-state index is 14.0. The summed E-state index contributed by atoms with van der Waals surface area (Å²) in [7, 11) is 0. The van der Waals surface area contributed by atoms with Crippen molar-refractivity contribution in [3.63, 3.8) is 0 Å². The van der Waals surface area contributed by atoms with Gasteiger partial charge in [-0.3, -0.25) is 4.79 Å². The number of carbonyl (C=O) groups is 1. The molecular formula is C52H43N5O2. The Balaban J connectivity index is 0.965. The monoisotopic (exact) mass is 769 g/mol. The van der Waals surface area contributed by atoms with E-state index >= 15 is 0 Å². The summed E-state index contributed by atoms with van der Waals surface area (Å²) in [5.41, 5.74) is 12.6. The number of hydrogen-bond donors (Lipinski definition) is 3. The van der Waals surface area contributed by atoms with E-state index in [1.54, 1.807) is 6.07 Å². The molecule has 0 aliphatic heterocycles. The molecule has 1 heterocycles. The van der Waals surface area contributed by atoms with Crippen molar-refractivity contribution in [1.82, 2.24) is 4.98 Å². The molecule has 7 heteroatoms. The molecule has 0 radical (unpaired) electrons. The Hall–Kier alpha value is -7.51. The number of azo groups is 1. The molecule has 1 aromatic heterocycles. The topological polar surface area (TPSA) is 93.1 Å². The van der Waals surface area contributed by atoms with Gasteiger partial charge in [0.1, 0.15) is 5.69 Å². The van der Waals surface area contributed by atoms with Crippen molar-refractivity contribution in [2.24, 2.45) is 10.2 Å². The SMILES string of the molecule is Cc1ccc(N=Nc2c(O)c(C(=O)Nc3cccc(CCc4ccc(N(c5ccc(C)cc5)c5ccc(C)cc5)cc4)c3)cc3ccc4c5ccccc5[nH]c4c23)cc1. The van der Waals surface area contributed by atoms with Crippen LogP contribution in [0.2, 0.25) is 0 Å². The van der Waals surface area contributed by atoms with Crippen LogP contribution in [0.3, 0.4) is 0 Å². The maximum Gasteiger partial charge on any atom is 0.259 e. The number of aromatic amines is 1. The zero-order valence-electron chi connectivity index (χ0n) is 33.2. The highest BCUT2D eigenvalue weighted by molar-refractivity contribution is 6.22. The van der Waals surface area contributed by atoms with Gasteiger partial charge in [-0.15, -0.1) is 5.11 Å². The van der Waals surface area contributed by atoms with Crippen LogP contribution < -0.4 is 10.2 Å². The van der Waals surface area contributed by atoms with Crippen LogP contribution >= 0.6 is 0 Å². The zero-order valence-corrected chi connectivity index (χ0v) is 33.2. The van der Waals surface area contributed by atoms with Crippen LogP contribution in [-0.2, 0) is 12.8 Å². The minimum absolute atomic E-state index is 0.113. The quantitative estimate of drug-likeness (QED) is 0.121. The van der Waals surface area contributed by atoms with Crippen molar-refractivity contribution in [3.8, 4) is 5.75 Å². The fourth-order valence-electron chi connectivity index (χ4n) is 7.71. The summed E-state index contributed by atoms with van der Waals surface area (Å²) in [5.74, 6) is -0.674. The minimum Gasteiger partial charge on any atom is -0.505 e. The molecule has 288 valence electrons.